The lowest BCUT2D eigenvalue weighted by Crippen LogP contribution is -2.50. The average Bonchev–Trinajstić information content (AvgIpc) is 3.61. The van der Waals surface area contributed by atoms with Crippen LogP contribution in [0.15, 0.2) is 85.2 Å². The lowest BCUT2D eigenvalue weighted by atomic mass is 10.1. The van der Waals surface area contributed by atoms with Crippen LogP contribution in [0.5, 0.6) is 0 Å². The van der Waals surface area contributed by atoms with E-state index in [4.69, 9.17) is 0 Å². The summed E-state index contributed by atoms with van der Waals surface area (Å²) in [5, 5.41) is 9.72. The number of aromatic nitrogens is 4. The van der Waals surface area contributed by atoms with E-state index < -0.39 is 0 Å². The third kappa shape index (κ3) is 6.10. The maximum atomic E-state index is 13.2. The smallest absolute Gasteiger partial charge is 0.253 e. The summed E-state index contributed by atoms with van der Waals surface area (Å²) >= 11 is 0. The van der Waals surface area contributed by atoms with Gasteiger partial charge in [-0.3, -0.25) is 9.59 Å². The molecule has 9 heteroatoms. The van der Waals surface area contributed by atoms with Crippen LogP contribution in [0.1, 0.15) is 39.2 Å². The van der Waals surface area contributed by atoms with E-state index in [1.165, 1.54) is 12.1 Å². The summed E-state index contributed by atoms with van der Waals surface area (Å²) < 4.78 is 17.1. The Morgan fingerprint density at radius 1 is 0.833 bits per heavy atom. The van der Waals surface area contributed by atoms with Gasteiger partial charge in [-0.2, -0.15) is 0 Å². The molecule has 0 N–H and O–H groups in total. The zero-order chi connectivity index (χ0) is 29.1. The van der Waals surface area contributed by atoms with Crippen molar-refractivity contribution in [1.82, 2.24) is 29.4 Å². The van der Waals surface area contributed by atoms with Crippen LogP contribution in [0.4, 0.5) is 4.39 Å². The molecule has 1 aliphatic heterocycles. The summed E-state index contributed by atoms with van der Waals surface area (Å²) in [7, 11) is 0. The first-order valence-corrected chi connectivity index (χ1v) is 14.3. The summed E-state index contributed by atoms with van der Waals surface area (Å²) in [4.78, 5) is 29.7. The number of carbonyl (C=O) groups is 2. The maximum absolute atomic E-state index is 13.2. The van der Waals surface area contributed by atoms with Crippen LogP contribution in [0.3, 0.4) is 0 Å². The van der Waals surface area contributed by atoms with Crippen LogP contribution < -0.4 is 0 Å². The minimum atomic E-state index is -0.261. The van der Waals surface area contributed by atoms with Crippen molar-refractivity contribution in [1.29, 1.82) is 0 Å². The van der Waals surface area contributed by atoms with Crippen LogP contribution >= 0.6 is 0 Å². The van der Waals surface area contributed by atoms with Crippen molar-refractivity contribution in [3.63, 3.8) is 0 Å². The van der Waals surface area contributed by atoms with E-state index in [1.807, 2.05) is 59.3 Å². The second-order valence-electron chi connectivity index (χ2n) is 10.9. The zero-order valence-corrected chi connectivity index (χ0v) is 23.6. The monoisotopic (exact) mass is 564 g/mol. The number of amides is 2. The Bertz CT molecular complexity index is 1700. The van der Waals surface area contributed by atoms with E-state index in [2.05, 4.69) is 33.2 Å². The van der Waals surface area contributed by atoms with Crippen molar-refractivity contribution in [3.05, 3.63) is 119 Å². The molecule has 3 heterocycles. The lowest BCUT2D eigenvalue weighted by Gasteiger charge is -2.35. The Labute approximate surface area is 244 Å². The maximum Gasteiger partial charge on any atom is 0.253 e. The molecule has 2 amide bonds. The highest BCUT2D eigenvalue weighted by Gasteiger charge is 2.25. The van der Waals surface area contributed by atoms with Crippen LogP contribution in [-0.4, -0.2) is 67.4 Å². The van der Waals surface area contributed by atoms with Crippen molar-refractivity contribution in [2.24, 2.45) is 0 Å². The van der Waals surface area contributed by atoms with Crippen LogP contribution in [0.25, 0.3) is 10.9 Å². The fourth-order valence-electron chi connectivity index (χ4n) is 5.53. The van der Waals surface area contributed by atoms with E-state index in [0.29, 0.717) is 57.7 Å². The van der Waals surface area contributed by atoms with Gasteiger partial charge >= 0.3 is 0 Å². The molecule has 42 heavy (non-hydrogen) atoms. The van der Waals surface area contributed by atoms with Crippen LogP contribution in [0.2, 0.25) is 0 Å². The van der Waals surface area contributed by atoms with Gasteiger partial charge in [-0.1, -0.05) is 53.2 Å². The highest BCUT2D eigenvalue weighted by atomic mass is 19.1. The first kappa shape index (κ1) is 27.4. The fourth-order valence-corrected chi connectivity index (χ4v) is 5.53. The number of aryl methyl sites for hydroxylation is 2. The first-order valence-electron chi connectivity index (χ1n) is 14.3. The summed E-state index contributed by atoms with van der Waals surface area (Å²) in [5.41, 5.74) is 5.77. The van der Waals surface area contributed by atoms with Crippen molar-refractivity contribution in [2.75, 3.05) is 26.2 Å². The largest absolute Gasteiger partial charge is 0.341 e. The van der Waals surface area contributed by atoms with Gasteiger partial charge in [0.2, 0.25) is 5.91 Å². The molecule has 0 spiro atoms. The van der Waals surface area contributed by atoms with Gasteiger partial charge in [-0.05, 0) is 54.8 Å². The molecule has 2 aromatic heterocycles. The molecular formula is C33H33FN6O2. The van der Waals surface area contributed by atoms with Crippen molar-refractivity contribution >= 4 is 22.7 Å². The Hall–Kier alpha value is -4.79. The Kier molecular flexibility index (Phi) is 7.81. The third-order valence-corrected chi connectivity index (χ3v) is 7.87. The Morgan fingerprint density at radius 3 is 2.31 bits per heavy atom. The molecule has 1 fully saturated rings. The molecule has 1 saturated heterocycles. The number of rotatable bonds is 8. The number of para-hydroxylation sites is 1. The van der Waals surface area contributed by atoms with Gasteiger partial charge < -0.3 is 14.4 Å². The molecule has 0 unspecified atom stereocenters. The molecule has 0 saturated carbocycles. The summed E-state index contributed by atoms with van der Waals surface area (Å²) in [5.74, 6) is -0.133. The molecule has 0 aliphatic carbocycles. The van der Waals surface area contributed by atoms with Gasteiger partial charge in [0.15, 0.2) is 0 Å². The van der Waals surface area contributed by atoms with Gasteiger partial charge in [-0.25, -0.2) is 9.07 Å². The molecule has 3 aromatic carbocycles. The second kappa shape index (κ2) is 12.0. The topological polar surface area (TPSA) is 76.3 Å². The number of fused-ring (bicyclic) bond motifs is 1. The third-order valence-electron chi connectivity index (χ3n) is 7.87. The number of piperazine rings is 1. The van der Waals surface area contributed by atoms with E-state index in [0.717, 1.165) is 33.3 Å². The van der Waals surface area contributed by atoms with Crippen molar-refractivity contribution < 1.29 is 14.0 Å². The molecule has 0 atom stereocenters. The van der Waals surface area contributed by atoms with Crippen molar-refractivity contribution in [2.45, 2.75) is 32.9 Å². The molecule has 0 radical (unpaired) electrons. The van der Waals surface area contributed by atoms with Gasteiger partial charge in [0.1, 0.15) is 11.5 Å². The first-order chi connectivity index (χ1) is 20.4. The molecule has 1 aliphatic rings. The average molecular weight is 565 g/mol. The van der Waals surface area contributed by atoms with Gasteiger partial charge in [0.05, 0.1) is 19.3 Å². The molecule has 0 bridgehead atoms. The van der Waals surface area contributed by atoms with E-state index >= 15 is 0 Å². The standard InChI is InChI=1S/C33H33FN6O2/c1-24-6-10-26(11-7-24)33(42)38-18-16-37(17-19-38)32(41)15-12-27-21-39(31-5-3-2-4-30(27)31)22-29-23-40(36-35-29)20-25-8-13-28(34)14-9-25/h2-11,13-14,21,23H,12,15-20,22H2,1H3. The quantitative estimate of drug-likeness (QED) is 0.274. The summed E-state index contributed by atoms with van der Waals surface area (Å²) in [6.45, 7) is 5.24. The Balaban J connectivity index is 1.06. The molecule has 8 nitrogen and oxygen atoms in total. The predicted molar refractivity (Wildman–Crippen MR) is 159 cm³/mol. The summed E-state index contributed by atoms with van der Waals surface area (Å²) in [6, 6.07) is 22.2. The number of halogens is 1. The lowest BCUT2D eigenvalue weighted by molar-refractivity contribution is -0.132. The number of hydrogen-bond acceptors (Lipinski definition) is 4. The Morgan fingerprint density at radius 2 is 1.55 bits per heavy atom. The minimum Gasteiger partial charge on any atom is -0.341 e. The predicted octanol–water partition coefficient (Wildman–Crippen LogP) is 4.69. The summed E-state index contributed by atoms with van der Waals surface area (Å²) in [6.07, 6.45) is 5.06. The minimum absolute atomic E-state index is 0.0189. The second-order valence-corrected chi connectivity index (χ2v) is 10.9. The van der Waals surface area contributed by atoms with Crippen molar-refractivity contribution in [3.8, 4) is 0 Å². The molecule has 5 aromatic rings. The normalized spacial score (nSPS) is 13.6. The van der Waals surface area contributed by atoms with E-state index in [-0.39, 0.29) is 17.6 Å². The fraction of sp³-hybridized carbons (Fsp3) is 0.273. The molecule has 214 valence electrons. The van der Waals surface area contributed by atoms with E-state index in [1.54, 1.807) is 16.8 Å². The number of benzene rings is 3. The van der Waals surface area contributed by atoms with Crippen LogP contribution in [-0.2, 0) is 24.3 Å². The molecular weight excluding hydrogens is 531 g/mol. The highest BCUT2D eigenvalue weighted by molar-refractivity contribution is 5.94. The van der Waals surface area contributed by atoms with Gasteiger partial charge in [0.25, 0.3) is 5.91 Å². The zero-order valence-electron chi connectivity index (χ0n) is 23.6. The van der Waals surface area contributed by atoms with E-state index in [9.17, 15) is 14.0 Å². The van der Waals surface area contributed by atoms with Gasteiger partial charge in [0, 0.05) is 55.3 Å². The number of nitrogens with zero attached hydrogens (tertiary/aromatic N) is 6. The van der Waals surface area contributed by atoms with Gasteiger partial charge in [-0.15, -0.1) is 5.10 Å². The SMILES string of the molecule is Cc1ccc(C(=O)N2CCN(C(=O)CCc3cn(Cc4cn(Cc5ccc(F)cc5)nn4)c4ccccc34)CC2)cc1. The molecule has 6 rings (SSSR count). The van der Waals surface area contributed by atoms with Crippen LogP contribution in [0, 0.1) is 12.7 Å². The highest BCUT2D eigenvalue weighted by Crippen LogP contribution is 2.24. The number of hydrogen-bond donors (Lipinski definition) is 0. The number of carbonyl (C=O) groups excluding carboxylic acids is 2.